The lowest BCUT2D eigenvalue weighted by molar-refractivity contribution is -0.116. The highest BCUT2D eigenvalue weighted by atomic mass is 35.5. The monoisotopic (exact) mass is 372 g/mol. The predicted molar refractivity (Wildman–Crippen MR) is 96.2 cm³/mol. The van der Waals surface area contributed by atoms with Gasteiger partial charge in [-0.15, -0.1) is 0 Å². The number of benzene rings is 2. The minimum absolute atomic E-state index is 0.235. The van der Waals surface area contributed by atoms with Crippen LogP contribution in [0.4, 0.5) is 11.4 Å². The molecule has 0 unspecified atom stereocenters. The van der Waals surface area contributed by atoms with E-state index >= 15 is 0 Å². The Bertz CT molecular complexity index is 722. The van der Waals surface area contributed by atoms with E-state index in [0.717, 1.165) is 0 Å². The third kappa shape index (κ3) is 4.67. The number of hydrogen-bond donors (Lipinski definition) is 2. The van der Waals surface area contributed by atoms with Gasteiger partial charge < -0.3 is 15.4 Å². The van der Waals surface area contributed by atoms with Crippen LogP contribution < -0.4 is 15.4 Å². The minimum atomic E-state index is -0.494. The smallest absolute Gasteiger partial charge is 0.246 e. The van der Waals surface area contributed by atoms with Gasteiger partial charge in [0.2, 0.25) is 5.91 Å². The van der Waals surface area contributed by atoms with Crippen LogP contribution in [-0.2, 0) is 4.79 Å². The van der Waals surface area contributed by atoms with Gasteiger partial charge in [-0.1, -0.05) is 34.8 Å². The zero-order chi connectivity index (χ0) is 17.0. The molecular formula is C16H15Cl3N2O2. The van der Waals surface area contributed by atoms with Crippen LogP contribution in [0, 0.1) is 0 Å². The van der Waals surface area contributed by atoms with E-state index in [1.165, 1.54) is 0 Å². The number of halogens is 3. The number of carbonyl (C=O) groups excluding carboxylic acids is 1. The average Bonchev–Trinajstić information content (AvgIpc) is 2.50. The van der Waals surface area contributed by atoms with Crippen molar-refractivity contribution in [2.75, 3.05) is 17.7 Å². The lowest BCUT2D eigenvalue weighted by Crippen LogP contribution is -2.31. The normalized spacial score (nSPS) is 11.7. The summed E-state index contributed by atoms with van der Waals surface area (Å²) in [5.74, 6) is 0.337. The molecule has 2 aromatic rings. The molecule has 0 heterocycles. The number of ether oxygens (including phenoxy) is 1. The van der Waals surface area contributed by atoms with Gasteiger partial charge in [0.15, 0.2) is 0 Å². The van der Waals surface area contributed by atoms with E-state index in [1.807, 2.05) is 0 Å². The molecule has 0 saturated carbocycles. The Morgan fingerprint density at radius 1 is 1.09 bits per heavy atom. The molecule has 0 aliphatic heterocycles. The van der Waals surface area contributed by atoms with Crippen LogP contribution in [0.2, 0.25) is 15.1 Å². The van der Waals surface area contributed by atoms with Gasteiger partial charge >= 0.3 is 0 Å². The first kappa shape index (κ1) is 17.7. The number of hydrogen-bond acceptors (Lipinski definition) is 3. The fraction of sp³-hybridized carbons (Fsp3) is 0.188. The van der Waals surface area contributed by atoms with Crippen LogP contribution in [-0.4, -0.2) is 19.1 Å². The van der Waals surface area contributed by atoms with Gasteiger partial charge in [0.05, 0.1) is 22.8 Å². The molecule has 0 aliphatic rings. The van der Waals surface area contributed by atoms with Gasteiger partial charge in [0, 0.05) is 10.7 Å². The summed E-state index contributed by atoms with van der Waals surface area (Å²) < 4.78 is 5.09. The van der Waals surface area contributed by atoms with Gasteiger partial charge in [0.1, 0.15) is 11.8 Å². The number of rotatable bonds is 5. The van der Waals surface area contributed by atoms with Crippen molar-refractivity contribution >= 4 is 52.1 Å². The fourth-order valence-corrected chi connectivity index (χ4v) is 2.62. The van der Waals surface area contributed by atoms with Crippen molar-refractivity contribution in [1.29, 1.82) is 0 Å². The molecule has 4 nitrogen and oxygen atoms in total. The maximum atomic E-state index is 12.2. The van der Waals surface area contributed by atoms with Crippen LogP contribution in [0.25, 0.3) is 0 Å². The van der Waals surface area contributed by atoms with Gasteiger partial charge in [-0.25, -0.2) is 0 Å². The molecule has 0 aromatic heterocycles. The molecule has 1 atom stereocenters. The lowest BCUT2D eigenvalue weighted by Gasteiger charge is -2.16. The number of carbonyl (C=O) groups is 1. The Balaban J connectivity index is 2.03. The summed E-state index contributed by atoms with van der Waals surface area (Å²) in [5.41, 5.74) is 1.21. The molecule has 23 heavy (non-hydrogen) atoms. The SMILES string of the molecule is COc1ccc(N[C@@H](C)C(=O)Nc2ccc(Cl)cc2Cl)cc1Cl. The maximum absolute atomic E-state index is 12.2. The van der Waals surface area contributed by atoms with E-state index in [4.69, 9.17) is 39.5 Å². The largest absolute Gasteiger partial charge is 0.495 e. The first-order chi connectivity index (χ1) is 10.9. The quantitative estimate of drug-likeness (QED) is 0.767. The molecule has 0 spiro atoms. The Kier molecular flexibility index (Phi) is 5.99. The van der Waals surface area contributed by atoms with Crippen molar-refractivity contribution in [3.63, 3.8) is 0 Å². The van der Waals surface area contributed by atoms with E-state index in [1.54, 1.807) is 50.4 Å². The Morgan fingerprint density at radius 3 is 2.43 bits per heavy atom. The van der Waals surface area contributed by atoms with E-state index in [2.05, 4.69) is 10.6 Å². The second-order valence-electron chi connectivity index (χ2n) is 4.83. The topological polar surface area (TPSA) is 50.4 Å². The summed E-state index contributed by atoms with van der Waals surface area (Å²) >= 11 is 17.9. The third-order valence-electron chi connectivity index (χ3n) is 3.12. The second kappa shape index (κ2) is 7.77. The number of amides is 1. The molecular weight excluding hydrogens is 359 g/mol. The van der Waals surface area contributed by atoms with Gasteiger partial charge in [0.25, 0.3) is 0 Å². The van der Waals surface area contributed by atoms with Crippen molar-refractivity contribution in [2.24, 2.45) is 0 Å². The van der Waals surface area contributed by atoms with Gasteiger partial charge in [-0.3, -0.25) is 4.79 Å². The van der Waals surface area contributed by atoms with E-state index in [-0.39, 0.29) is 5.91 Å². The predicted octanol–water partition coefficient (Wildman–Crippen LogP) is 5.09. The van der Waals surface area contributed by atoms with Gasteiger partial charge in [-0.2, -0.15) is 0 Å². The second-order valence-corrected chi connectivity index (χ2v) is 6.08. The molecule has 0 aliphatic carbocycles. The van der Waals surface area contributed by atoms with Crippen LogP contribution in [0.3, 0.4) is 0 Å². The highest BCUT2D eigenvalue weighted by Crippen LogP contribution is 2.28. The van der Waals surface area contributed by atoms with E-state index in [9.17, 15) is 4.79 Å². The maximum Gasteiger partial charge on any atom is 0.246 e. The molecule has 7 heteroatoms. The molecule has 0 radical (unpaired) electrons. The standard InChI is InChI=1S/C16H15Cl3N2O2/c1-9(20-11-4-6-15(23-2)13(19)8-11)16(22)21-14-5-3-10(17)7-12(14)18/h3-9,20H,1-2H3,(H,21,22)/t9-/m0/s1. The fourth-order valence-electron chi connectivity index (χ4n) is 1.90. The number of methoxy groups -OCH3 is 1. The number of nitrogens with one attached hydrogen (secondary N) is 2. The van der Waals surface area contributed by atoms with Crippen molar-refractivity contribution < 1.29 is 9.53 Å². The highest BCUT2D eigenvalue weighted by Gasteiger charge is 2.15. The van der Waals surface area contributed by atoms with Crippen molar-refractivity contribution in [2.45, 2.75) is 13.0 Å². The molecule has 122 valence electrons. The van der Waals surface area contributed by atoms with Crippen molar-refractivity contribution in [3.05, 3.63) is 51.5 Å². The van der Waals surface area contributed by atoms with Crippen LogP contribution in [0.1, 0.15) is 6.92 Å². The Morgan fingerprint density at radius 2 is 1.83 bits per heavy atom. The molecule has 2 aromatic carbocycles. The van der Waals surface area contributed by atoms with Crippen LogP contribution in [0.5, 0.6) is 5.75 Å². The molecule has 1 amide bonds. The lowest BCUT2D eigenvalue weighted by atomic mass is 10.2. The first-order valence-corrected chi connectivity index (χ1v) is 7.90. The van der Waals surface area contributed by atoms with Gasteiger partial charge in [-0.05, 0) is 43.3 Å². The molecule has 2 rings (SSSR count). The van der Waals surface area contributed by atoms with Crippen molar-refractivity contribution in [1.82, 2.24) is 0 Å². The molecule has 0 bridgehead atoms. The van der Waals surface area contributed by atoms with E-state index in [0.29, 0.717) is 32.2 Å². The average molecular weight is 374 g/mol. The summed E-state index contributed by atoms with van der Waals surface area (Å²) in [6.45, 7) is 1.73. The molecule has 0 saturated heterocycles. The number of anilines is 2. The van der Waals surface area contributed by atoms with E-state index < -0.39 is 6.04 Å². The summed E-state index contributed by atoms with van der Waals surface area (Å²) in [6, 6.07) is 9.59. The summed E-state index contributed by atoms with van der Waals surface area (Å²) in [6.07, 6.45) is 0. The summed E-state index contributed by atoms with van der Waals surface area (Å²) in [5, 5.41) is 7.16. The summed E-state index contributed by atoms with van der Waals surface area (Å²) in [4.78, 5) is 12.2. The molecule has 0 fully saturated rings. The minimum Gasteiger partial charge on any atom is -0.495 e. The van der Waals surface area contributed by atoms with Crippen LogP contribution in [0.15, 0.2) is 36.4 Å². The Hall–Kier alpha value is -1.62. The van der Waals surface area contributed by atoms with Crippen molar-refractivity contribution in [3.8, 4) is 5.75 Å². The zero-order valence-corrected chi connectivity index (χ0v) is 14.8. The molecule has 2 N–H and O–H groups in total. The summed E-state index contributed by atoms with van der Waals surface area (Å²) in [7, 11) is 1.54. The highest BCUT2D eigenvalue weighted by molar-refractivity contribution is 6.36. The third-order valence-corrected chi connectivity index (χ3v) is 3.96. The zero-order valence-electron chi connectivity index (χ0n) is 12.5. The first-order valence-electron chi connectivity index (χ1n) is 6.76. The van der Waals surface area contributed by atoms with Crippen LogP contribution >= 0.6 is 34.8 Å². The Labute approximate surface area is 149 Å².